The highest BCUT2D eigenvalue weighted by atomic mass is 35.5. The van der Waals surface area contributed by atoms with Crippen LogP contribution in [0.25, 0.3) is 0 Å². The highest BCUT2D eigenvalue weighted by Gasteiger charge is 2.27. The predicted octanol–water partition coefficient (Wildman–Crippen LogP) is 3.50. The first-order valence-corrected chi connectivity index (χ1v) is 9.73. The van der Waals surface area contributed by atoms with E-state index in [4.69, 9.17) is 11.6 Å². The maximum Gasteiger partial charge on any atom is 0.405 e. The summed E-state index contributed by atoms with van der Waals surface area (Å²) in [5, 5.41) is 2.10. The zero-order valence-corrected chi connectivity index (χ0v) is 15.5. The van der Waals surface area contributed by atoms with E-state index in [1.807, 2.05) is 0 Å². The Hall–Kier alpha value is -2.26. The molecule has 0 bridgehead atoms. The van der Waals surface area contributed by atoms with Crippen LogP contribution in [0.2, 0.25) is 5.02 Å². The maximum atomic E-state index is 12.2. The van der Waals surface area contributed by atoms with Crippen molar-refractivity contribution in [3.05, 3.63) is 64.7 Å². The van der Waals surface area contributed by atoms with Crippen molar-refractivity contribution in [2.75, 3.05) is 11.3 Å². The molecule has 1 amide bonds. The van der Waals surface area contributed by atoms with E-state index in [1.54, 1.807) is 29.6 Å². The van der Waals surface area contributed by atoms with Gasteiger partial charge >= 0.3 is 6.18 Å². The van der Waals surface area contributed by atoms with Gasteiger partial charge in [0.05, 0.1) is 12.2 Å². The standard InChI is InChI=1S/C17H16ClF3N2O3S/c18-15-4-2-1-3-13(15)10-27(25,26)23-14-7-5-12(6-8-14)9-16(24)22-11-17(19,20)21/h1-8,23H,9-11H2,(H,22,24). The number of sulfonamides is 1. The molecule has 27 heavy (non-hydrogen) atoms. The van der Waals surface area contributed by atoms with Crippen LogP contribution < -0.4 is 10.0 Å². The molecule has 2 N–H and O–H groups in total. The van der Waals surface area contributed by atoms with Crippen molar-refractivity contribution in [3.8, 4) is 0 Å². The smallest absolute Gasteiger partial charge is 0.347 e. The monoisotopic (exact) mass is 420 g/mol. The van der Waals surface area contributed by atoms with Gasteiger partial charge in [-0.15, -0.1) is 0 Å². The van der Waals surface area contributed by atoms with E-state index in [0.29, 0.717) is 16.1 Å². The molecular formula is C17H16ClF3N2O3S. The fourth-order valence-corrected chi connectivity index (χ4v) is 3.68. The van der Waals surface area contributed by atoms with Crippen LogP contribution in [-0.4, -0.2) is 27.0 Å². The topological polar surface area (TPSA) is 75.3 Å². The number of amides is 1. The molecule has 10 heteroatoms. The average Bonchev–Trinajstić information content (AvgIpc) is 2.56. The Morgan fingerprint density at radius 2 is 1.67 bits per heavy atom. The van der Waals surface area contributed by atoms with Crippen LogP contribution in [0.3, 0.4) is 0 Å². The molecule has 0 spiro atoms. The van der Waals surface area contributed by atoms with Crippen LogP contribution in [0, 0.1) is 0 Å². The van der Waals surface area contributed by atoms with E-state index in [-0.39, 0.29) is 17.9 Å². The number of anilines is 1. The number of benzene rings is 2. The third-order valence-electron chi connectivity index (χ3n) is 3.38. The number of hydrogen-bond donors (Lipinski definition) is 2. The number of nitrogens with one attached hydrogen (secondary N) is 2. The summed E-state index contributed by atoms with van der Waals surface area (Å²) >= 11 is 5.96. The first-order valence-electron chi connectivity index (χ1n) is 7.70. The lowest BCUT2D eigenvalue weighted by Gasteiger charge is -2.10. The van der Waals surface area contributed by atoms with E-state index >= 15 is 0 Å². The minimum atomic E-state index is -4.47. The van der Waals surface area contributed by atoms with Crippen molar-refractivity contribution in [2.24, 2.45) is 0 Å². The quantitative estimate of drug-likeness (QED) is 0.719. The van der Waals surface area contributed by atoms with Gasteiger partial charge in [0.15, 0.2) is 0 Å². The summed E-state index contributed by atoms with van der Waals surface area (Å²) in [4.78, 5) is 11.5. The van der Waals surface area contributed by atoms with Gasteiger partial charge in [-0.25, -0.2) is 8.42 Å². The Morgan fingerprint density at radius 1 is 1.04 bits per heavy atom. The molecule has 0 saturated heterocycles. The molecule has 0 aliphatic rings. The molecule has 0 radical (unpaired) electrons. The number of halogens is 4. The second-order valence-corrected chi connectivity index (χ2v) is 7.85. The Bertz CT molecular complexity index is 900. The van der Waals surface area contributed by atoms with Crippen LogP contribution in [0.1, 0.15) is 11.1 Å². The molecule has 0 fully saturated rings. The second-order valence-electron chi connectivity index (χ2n) is 5.72. The van der Waals surface area contributed by atoms with Crippen molar-refractivity contribution in [2.45, 2.75) is 18.3 Å². The fourth-order valence-electron chi connectivity index (χ4n) is 2.17. The van der Waals surface area contributed by atoms with E-state index in [9.17, 15) is 26.4 Å². The first-order chi connectivity index (χ1) is 12.5. The first kappa shape index (κ1) is 21.0. The van der Waals surface area contributed by atoms with Gasteiger partial charge in [0.2, 0.25) is 15.9 Å². The van der Waals surface area contributed by atoms with Crippen molar-refractivity contribution in [1.29, 1.82) is 0 Å². The minimum absolute atomic E-state index is 0.247. The molecule has 5 nitrogen and oxygen atoms in total. The van der Waals surface area contributed by atoms with Crippen molar-refractivity contribution in [3.63, 3.8) is 0 Å². The molecule has 0 unspecified atom stereocenters. The van der Waals surface area contributed by atoms with Gasteiger partial charge in [-0.1, -0.05) is 41.9 Å². The summed E-state index contributed by atoms with van der Waals surface area (Å²) in [6.45, 7) is -1.40. The third kappa shape index (κ3) is 7.48. The van der Waals surface area contributed by atoms with E-state index in [0.717, 1.165) is 0 Å². The number of hydrogen-bond acceptors (Lipinski definition) is 3. The molecule has 2 rings (SSSR count). The van der Waals surface area contributed by atoms with Crippen LogP contribution >= 0.6 is 11.6 Å². The molecule has 2 aromatic carbocycles. The van der Waals surface area contributed by atoms with Crippen LogP contribution in [0.15, 0.2) is 48.5 Å². The van der Waals surface area contributed by atoms with Gasteiger partial charge < -0.3 is 5.32 Å². The summed E-state index contributed by atoms with van der Waals surface area (Å²) in [6, 6.07) is 12.3. The summed E-state index contributed by atoms with van der Waals surface area (Å²) in [7, 11) is -3.71. The van der Waals surface area contributed by atoms with E-state index < -0.39 is 28.7 Å². The number of carbonyl (C=O) groups excluding carboxylic acids is 1. The Balaban J connectivity index is 1.95. The maximum absolute atomic E-state index is 12.2. The fraction of sp³-hybridized carbons (Fsp3) is 0.235. The van der Waals surface area contributed by atoms with Crippen molar-refractivity contribution in [1.82, 2.24) is 5.32 Å². The summed E-state index contributed by atoms with van der Waals surface area (Å²) < 4.78 is 63.0. The number of alkyl halides is 3. The summed E-state index contributed by atoms with van der Waals surface area (Å²) in [5.74, 6) is -1.09. The highest BCUT2D eigenvalue weighted by molar-refractivity contribution is 7.91. The van der Waals surface area contributed by atoms with Gasteiger partial charge in [-0.3, -0.25) is 9.52 Å². The summed E-state index contributed by atoms with van der Waals surface area (Å²) in [5.41, 5.74) is 1.16. The molecule has 0 aliphatic carbocycles. The molecule has 0 aliphatic heterocycles. The molecule has 0 aromatic heterocycles. The lowest BCUT2D eigenvalue weighted by Crippen LogP contribution is -2.34. The lowest BCUT2D eigenvalue weighted by atomic mass is 10.1. The molecule has 0 saturated carbocycles. The SMILES string of the molecule is O=C(Cc1ccc(NS(=O)(=O)Cc2ccccc2Cl)cc1)NCC(F)(F)F. The molecule has 0 atom stereocenters. The van der Waals surface area contributed by atoms with Crippen LogP contribution in [-0.2, 0) is 27.0 Å². The van der Waals surface area contributed by atoms with Gasteiger partial charge in [0, 0.05) is 10.7 Å². The van der Waals surface area contributed by atoms with Crippen LogP contribution in [0.5, 0.6) is 0 Å². The van der Waals surface area contributed by atoms with Gasteiger partial charge in [0.1, 0.15) is 6.54 Å². The molecule has 2 aromatic rings. The molecular weight excluding hydrogens is 405 g/mol. The van der Waals surface area contributed by atoms with Crippen LogP contribution in [0.4, 0.5) is 18.9 Å². The third-order valence-corrected chi connectivity index (χ3v) is 4.99. The summed E-state index contributed by atoms with van der Waals surface area (Å²) in [6.07, 6.45) is -4.72. The Morgan fingerprint density at radius 3 is 2.26 bits per heavy atom. The van der Waals surface area contributed by atoms with Gasteiger partial charge in [-0.05, 0) is 29.3 Å². The number of rotatable bonds is 7. The second kappa shape index (κ2) is 8.62. The number of carbonyl (C=O) groups is 1. The van der Waals surface area contributed by atoms with Crippen molar-refractivity contribution >= 4 is 33.2 Å². The minimum Gasteiger partial charge on any atom is -0.347 e. The van der Waals surface area contributed by atoms with E-state index in [1.165, 1.54) is 24.3 Å². The van der Waals surface area contributed by atoms with Gasteiger partial charge in [-0.2, -0.15) is 13.2 Å². The Labute approximate surface area is 159 Å². The molecule has 146 valence electrons. The zero-order valence-electron chi connectivity index (χ0n) is 13.9. The zero-order chi connectivity index (χ0) is 20.1. The average molecular weight is 421 g/mol. The van der Waals surface area contributed by atoms with E-state index in [2.05, 4.69) is 4.72 Å². The lowest BCUT2D eigenvalue weighted by molar-refractivity contribution is -0.138. The Kier molecular flexibility index (Phi) is 6.72. The van der Waals surface area contributed by atoms with Gasteiger partial charge in [0.25, 0.3) is 0 Å². The van der Waals surface area contributed by atoms with Crippen molar-refractivity contribution < 1.29 is 26.4 Å². The molecule has 0 heterocycles. The highest BCUT2D eigenvalue weighted by Crippen LogP contribution is 2.20. The predicted molar refractivity (Wildman–Crippen MR) is 96.9 cm³/mol. The normalized spacial score (nSPS) is 11.9. The largest absolute Gasteiger partial charge is 0.405 e.